The molecule has 2 atom stereocenters. The second-order valence-electron chi connectivity index (χ2n) is 26.9. The molecule has 1 spiro atoms. The van der Waals surface area contributed by atoms with Crippen molar-refractivity contribution in [1.82, 2.24) is 29.4 Å². The van der Waals surface area contributed by atoms with Gasteiger partial charge in [-0.15, -0.1) is 37.2 Å². The van der Waals surface area contributed by atoms with E-state index >= 15 is 0 Å². The molecule has 0 bridgehead atoms. The molecule has 3 aliphatic heterocycles. The predicted molar refractivity (Wildman–Crippen MR) is 387 cm³/mol. The van der Waals surface area contributed by atoms with Crippen molar-refractivity contribution in [2.24, 2.45) is 0 Å². The molecular weight excluding hydrogens is 1390 g/mol. The number of benzene rings is 6. The molecule has 0 aromatic heterocycles. The molecule has 3 heterocycles. The number of hydrogen-bond donors (Lipinski definition) is 1. The van der Waals surface area contributed by atoms with Gasteiger partial charge in [0.25, 0.3) is 11.8 Å². The van der Waals surface area contributed by atoms with Crippen LogP contribution in [0, 0.1) is 5.82 Å². The van der Waals surface area contributed by atoms with Gasteiger partial charge in [0.15, 0.2) is 0 Å². The van der Waals surface area contributed by atoms with Gasteiger partial charge in [-0.2, -0.15) is 26.3 Å². The zero-order chi connectivity index (χ0) is 70.7. The summed E-state index contributed by atoms with van der Waals surface area (Å²) in [7, 11) is 7.35. The maximum Gasteiger partial charge on any atom is 0.416 e. The zero-order valence-corrected chi connectivity index (χ0v) is 60.4. The summed E-state index contributed by atoms with van der Waals surface area (Å²) < 4.78 is 110. The van der Waals surface area contributed by atoms with Gasteiger partial charge in [-0.3, -0.25) is 24.1 Å². The van der Waals surface area contributed by atoms with Crippen LogP contribution in [0.25, 0.3) is 11.1 Å². The Bertz CT molecular complexity index is 3720. The molecule has 16 nitrogen and oxygen atoms in total. The van der Waals surface area contributed by atoms with Crippen LogP contribution in [0.2, 0.25) is 0 Å². The molecule has 6 aromatic rings. The normalized spacial score (nSPS) is 17.6. The third kappa shape index (κ3) is 20.1. The Morgan fingerprint density at radius 1 is 0.618 bits per heavy atom. The Balaban J connectivity index is 0.00000486. The summed E-state index contributed by atoms with van der Waals surface area (Å²) in [6.45, 7) is 5.33. The van der Waals surface area contributed by atoms with E-state index in [9.17, 15) is 59.8 Å². The molecule has 1 aliphatic carbocycles. The van der Waals surface area contributed by atoms with Crippen LogP contribution in [0.1, 0.15) is 119 Å². The van der Waals surface area contributed by atoms with Crippen molar-refractivity contribution in [3.8, 4) is 11.1 Å². The number of piperidine rings is 2. The van der Waals surface area contributed by atoms with Crippen LogP contribution < -0.4 is 9.80 Å². The monoisotopic (exact) mass is 1480 g/mol. The minimum atomic E-state index is -5.15. The third-order valence-electron chi connectivity index (χ3n) is 20.5. The number of halogens is 10. The number of likely N-dealkylation sites (N-methyl/N-ethyl adjacent to an activating group) is 2. The molecule has 0 radical (unpaired) electrons. The van der Waals surface area contributed by atoms with E-state index in [2.05, 4.69) is 26.8 Å². The predicted octanol–water partition coefficient (Wildman–Crippen LogP) is 14.6. The minimum absolute atomic E-state index is 0. The number of likely N-dealkylation sites (tertiary alicyclic amines) is 2. The first-order valence-corrected chi connectivity index (χ1v) is 34.2. The second kappa shape index (κ2) is 36.3. The Hall–Kier alpha value is -7.51. The molecule has 1 N–H and O–H groups in total. The van der Waals surface area contributed by atoms with Crippen LogP contribution in [0.3, 0.4) is 0 Å². The standard InChI is InChI=1S/C76H89F7N8O8.3ClH/c1-84(37-15-6-5-10-23-68(92)86(3)45-46-88-40-32-63(33-41-88)91(72(96)97)66-22-14-12-20-64(66)54-17-8-7-9-18-54)62-30-24-55(25-31-62)70(94)87(4)39-16-38-85(2)69(93)51-98-67-49-56-19-11-13-21-65(56)73(67)34-42-89(43-35-73)44-36-74(58-26-28-61(77)29-27-58)52-90(53-99-74)71(95)57-47-59(75(78,79)80)50-60(48-57)76(81,82)83;;;/h7-9,11-14,17-22,24-31,47-48,50,63,67H,5-6,10,15-16,23,32-46,49,51-53H2,1-4H3,(H,96,97);3*1H/t67-,74+;;;/m0.../s1. The van der Waals surface area contributed by atoms with Crippen LogP contribution in [0.5, 0.6) is 0 Å². The molecular formula is C76H92Cl3F7N8O8. The average molecular weight is 1480 g/mol. The van der Waals surface area contributed by atoms with Gasteiger partial charge in [0, 0.05) is 121 Å². The van der Waals surface area contributed by atoms with Crippen molar-refractivity contribution < 1.29 is 69.3 Å². The Kier molecular flexibility index (Phi) is 29.1. The van der Waals surface area contributed by atoms with E-state index in [-0.39, 0.29) is 92.7 Å². The summed E-state index contributed by atoms with van der Waals surface area (Å²) in [4.78, 5) is 81.1. The lowest BCUT2D eigenvalue weighted by atomic mass is 9.72. The smallest absolute Gasteiger partial charge is 0.416 e. The number of anilines is 2. The van der Waals surface area contributed by atoms with Crippen LogP contribution in [-0.2, 0) is 48.9 Å². The fourth-order valence-corrected chi connectivity index (χ4v) is 14.5. The number of carbonyl (C=O) groups excluding carboxylic acids is 4. The van der Waals surface area contributed by atoms with Crippen molar-refractivity contribution in [1.29, 1.82) is 0 Å². The van der Waals surface area contributed by atoms with E-state index in [4.69, 9.17) is 9.47 Å². The van der Waals surface area contributed by atoms with Crippen molar-refractivity contribution in [2.75, 3.05) is 123 Å². The molecule has 0 unspecified atom stereocenters. The molecule has 5 amide bonds. The van der Waals surface area contributed by atoms with Gasteiger partial charge >= 0.3 is 18.4 Å². The highest BCUT2D eigenvalue weighted by Crippen LogP contribution is 2.49. The molecule has 102 heavy (non-hydrogen) atoms. The van der Waals surface area contributed by atoms with E-state index in [0.29, 0.717) is 113 Å². The highest BCUT2D eigenvalue weighted by molar-refractivity contribution is 5.96. The third-order valence-corrected chi connectivity index (χ3v) is 20.5. The Labute approximate surface area is 611 Å². The number of rotatable bonds is 27. The number of para-hydroxylation sites is 1. The van der Waals surface area contributed by atoms with Gasteiger partial charge in [-0.1, -0.05) is 97.8 Å². The molecule has 26 heteroatoms. The Morgan fingerprint density at radius 2 is 1.22 bits per heavy atom. The van der Waals surface area contributed by atoms with Crippen molar-refractivity contribution >= 4 is 78.3 Å². The topological polar surface area (TPSA) is 150 Å². The van der Waals surface area contributed by atoms with Gasteiger partial charge in [0.05, 0.1) is 29.5 Å². The Morgan fingerprint density at radius 3 is 1.87 bits per heavy atom. The molecule has 3 fully saturated rings. The van der Waals surface area contributed by atoms with Crippen LogP contribution in [-0.4, -0.2) is 190 Å². The van der Waals surface area contributed by atoms with Gasteiger partial charge in [0.2, 0.25) is 11.8 Å². The zero-order valence-electron chi connectivity index (χ0n) is 57.9. The van der Waals surface area contributed by atoms with Crippen molar-refractivity contribution in [3.05, 3.63) is 190 Å². The van der Waals surface area contributed by atoms with Gasteiger partial charge in [0.1, 0.15) is 24.8 Å². The van der Waals surface area contributed by atoms with E-state index in [0.717, 1.165) is 84.7 Å². The van der Waals surface area contributed by atoms with Gasteiger partial charge < -0.3 is 48.9 Å². The van der Waals surface area contributed by atoms with Crippen molar-refractivity contribution in [2.45, 2.75) is 113 Å². The molecule has 0 saturated carbocycles. The number of unbranched alkanes of at least 4 members (excludes halogenated alkanes) is 3. The van der Waals surface area contributed by atoms with E-state index in [1.807, 2.05) is 110 Å². The fourth-order valence-electron chi connectivity index (χ4n) is 14.5. The number of hydrogen-bond acceptors (Lipinski definition) is 10. The van der Waals surface area contributed by atoms with Gasteiger partial charge in [-0.25, -0.2) is 9.18 Å². The van der Waals surface area contributed by atoms with Gasteiger partial charge in [-0.05, 0) is 154 Å². The summed E-state index contributed by atoms with van der Waals surface area (Å²) in [6, 6.07) is 39.3. The molecule has 4 aliphatic rings. The summed E-state index contributed by atoms with van der Waals surface area (Å²) in [5, 5.41) is 10.4. The first-order chi connectivity index (χ1) is 47.3. The highest BCUT2D eigenvalue weighted by Gasteiger charge is 2.50. The maximum atomic E-state index is 14.3. The first-order valence-electron chi connectivity index (χ1n) is 34.2. The summed E-state index contributed by atoms with van der Waals surface area (Å²) in [5.74, 6) is -1.80. The number of carbonyl (C=O) groups is 5. The molecule has 554 valence electrons. The first kappa shape index (κ1) is 81.8. The molecule has 10 rings (SSSR count). The summed E-state index contributed by atoms with van der Waals surface area (Å²) in [6.07, 6.45) is -3.24. The van der Waals surface area contributed by atoms with E-state index in [1.54, 1.807) is 23.9 Å². The van der Waals surface area contributed by atoms with Crippen LogP contribution in [0.15, 0.2) is 146 Å². The van der Waals surface area contributed by atoms with Crippen LogP contribution in [0.4, 0.5) is 46.9 Å². The van der Waals surface area contributed by atoms with Crippen molar-refractivity contribution in [3.63, 3.8) is 0 Å². The summed E-state index contributed by atoms with van der Waals surface area (Å²) >= 11 is 0. The lowest BCUT2D eigenvalue weighted by molar-refractivity contribution is -0.143. The highest BCUT2D eigenvalue weighted by atomic mass is 35.5. The lowest BCUT2D eigenvalue weighted by Gasteiger charge is -2.44. The average Bonchev–Trinajstić information content (AvgIpc) is 1.59. The quantitative estimate of drug-likeness (QED) is 0.0388. The number of nitrogens with zero attached hydrogens (tertiary/aromatic N) is 8. The molecule has 6 aromatic carbocycles. The number of carboxylic acid groups (broad SMARTS) is 1. The number of fused-ring (bicyclic) bond motifs is 2. The molecule has 3 saturated heterocycles. The summed E-state index contributed by atoms with van der Waals surface area (Å²) in [5.41, 5.74) is 1.22. The lowest BCUT2D eigenvalue weighted by Crippen LogP contribution is -2.50. The number of alkyl halides is 6. The second-order valence-corrected chi connectivity index (χ2v) is 26.9. The number of amides is 5. The van der Waals surface area contributed by atoms with E-state index in [1.165, 1.54) is 29.2 Å². The largest absolute Gasteiger partial charge is 0.465 e. The van der Waals surface area contributed by atoms with E-state index < -0.39 is 64.6 Å². The van der Waals surface area contributed by atoms with Crippen LogP contribution >= 0.6 is 37.2 Å². The number of ether oxygens (including phenoxy) is 2. The maximum absolute atomic E-state index is 14.3. The fraction of sp³-hybridized carbons (Fsp3) is 0.461. The SMILES string of the molecule is CN(CCN1CCC(N(C(=O)O)c2ccccc2-c2ccccc2)CC1)C(=O)CCCCCCN(C)c1ccc(C(=O)N(C)CCCN(C)C(=O)CO[C@H]2Cc3ccccc3C23CCN(CC[C@]2(c4ccc(F)cc4)CN(C(=O)c4cc(C(F)(F)F)cc(C(F)(F)F)c4)CO2)CC3)cc1.Cl.Cl.Cl. The minimum Gasteiger partial charge on any atom is -0.465 e.